The molecule has 3 nitrogen and oxygen atoms in total. The monoisotopic (exact) mass is 324 g/mol. The van der Waals surface area contributed by atoms with Crippen molar-refractivity contribution in [2.45, 2.75) is 52.4 Å². The number of thiocarbonyl (C=S) groups is 1. The molecule has 0 radical (unpaired) electrons. The van der Waals surface area contributed by atoms with Crippen molar-refractivity contribution in [3.05, 3.63) is 28.3 Å². The van der Waals surface area contributed by atoms with Gasteiger partial charge in [-0.15, -0.1) is 0 Å². The number of benzene rings is 1. The third-order valence-electron chi connectivity index (χ3n) is 4.75. The summed E-state index contributed by atoms with van der Waals surface area (Å²) in [6, 6.07) is 4.35. The van der Waals surface area contributed by atoms with Crippen LogP contribution in [0.5, 0.6) is 5.75 Å². The molecule has 0 aliphatic carbocycles. The van der Waals surface area contributed by atoms with Gasteiger partial charge in [-0.25, -0.2) is 0 Å². The standard InChI is InChI=1S/C16H21ClN2OS/c1-8(2)19-15(21)18-13-10(4)16(19,5)20-14-9(3)6-11(17)7-12(13)14/h6-8,10,13H,1-5H3,(H,18,21). The zero-order valence-electron chi connectivity index (χ0n) is 13.0. The molecule has 3 atom stereocenters. The lowest BCUT2D eigenvalue weighted by Gasteiger charge is -2.57. The molecule has 21 heavy (non-hydrogen) atoms. The predicted octanol–water partition coefficient (Wildman–Crippen LogP) is 4.03. The molecule has 0 aromatic heterocycles. The number of fused-ring (bicyclic) bond motifs is 4. The molecular weight excluding hydrogens is 304 g/mol. The van der Waals surface area contributed by atoms with Gasteiger partial charge in [0.05, 0.1) is 6.04 Å². The second-order valence-corrected chi connectivity index (χ2v) is 7.30. The van der Waals surface area contributed by atoms with E-state index >= 15 is 0 Å². The Balaban J connectivity index is 2.19. The summed E-state index contributed by atoms with van der Waals surface area (Å²) in [6.45, 7) is 10.7. The van der Waals surface area contributed by atoms with Crippen molar-refractivity contribution in [1.82, 2.24) is 10.2 Å². The average Bonchev–Trinajstić information content (AvgIpc) is 2.35. The van der Waals surface area contributed by atoms with Gasteiger partial charge in [-0.1, -0.05) is 18.5 Å². The number of nitrogens with zero attached hydrogens (tertiary/aromatic N) is 1. The number of rotatable bonds is 1. The van der Waals surface area contributed by atoms with Crippen molar-refractivity contribution < 1.29 is 4.74 Å². The smallest absolute Gasteiger partial charge is 0.187 e. The van der Waals surface area contributed by atoms with Gasteiger partial charge >= 0.3 is 0 Å². The SMILES string of the molecule is Cc1cc(Cl)cc2c1OC1(C)C(C)C2NC(=S)N1C(C)C. The molecule has 2 bridgehead atoms. The lowest BCUT2D eigenvalue weighted by atomic mass is 9.80. The molecule has 2 heterocycles. The molecule has 1 aromatic rings. The van der Waals surface area contributed by atoms with E-state index in [1.807, 2.05) is 19.1 Å². The first-order valence-electron chi connectivity index (χ1n) is 7.34. The molecule has 1 N–H and O–H groups in total. The first-order chi connectivity index (χ1) is 9.75. The van der Waals surface area contributed by atoms with Crippen molar-refractivity contribution in [3.8, 4) is 5.75 Å². The van der Waals surface area contributed by atoms with E-state index in [4.69, 9.17) is 28.6 Å². The van der Waals surface area contributed by atoms with Crippen LogP contribution in [-0.2, 0) is 0 Å². The Bertz CT molecular complexity index is 619. The predicted molar refractivity (Wildman–Crippen MR) is 89.8 cm³/mol. The Morgan fingerprint density at radius 2 is 2.10 bits per heavy atom. The second kappa shape index (κ2) is 4.75. The van der Waals surface area contributed by atoms with Gasteiger partial charge in [-0.3, -0.25) is 0 Å². The summed E-state index contributed by atoms with van der Waals surface area (Å²) in [7, 11) is 0. The van der Waals surface area contributed by atoms with Gasteiger partial charge in [0, 0.05) is 22.5 Å². The lowest BCUT2D eigenvalue weighted by Crippen LogP contribution is -2.70. The minimum absolute atomic E-state index is 0.138. The highest BCUT2D eigenvalue weighted by Gasteiger charge is 2.54. The van der Waals surface area contributed by atoms with E-state index in [1.54, 1.807) is 0 Å². The maximum atomic E-state index is 6.47. The topological polar surface area (TPSA) is 24.5 Å². The molecule has 0 amide bonds. The summed E-state index contributed by atoms with van der Waals surface area (Å²) in [6.07, 6.45) is 0. The molecular formula is C16H21ClN2OS. The van der Waals surface area contributed by atoms with E-state index in [0.717, 1.165) is 27.0 Å². The number of hydrogen-bond acceptors (Lipinski definition) is 2. The van der Waals surface area contributed by atoms with Crippen molar-refractivity contribution in [2.24, 2.45) is 5.92 Å². The summed E-state index contributed by atoms with van der Waals surface area (Å²) < 4.78 is 6.47. The van der Waals surface area contributed by atoms with Crippen molar-refractivity contribution >= 4 is 28.9 Å². The van der Waals surface area contributed by atoms with Crippen molar-refractivity contribution in [3.63, 3.8) is 0 Å². The third kappa shape index (κ3) is 2.03. The zero-order valence-corrected chi connectivity index (χ0v) is 14.6. The van der Waals surface area contributed by atoms with Gasteiger partial charge in [0.25, 0.3) is 0 Å². The van der Waals surface area contributed by atoms with Crippen LogP contribution in [0.4, 0.5) is 0 Å². The average molecular weight is 325 g/mol. The van der Waals surface area contributed by atoms with E-state index in [-0.39, 0.29) is 18.0 Å². The first-order valence-corrected chi connectivity index (χ1v) is 8.13. The maximum absolute atomic E-state index is 6.47. The summed E-state index contributed by atoms with van der Waals surface area (Å²) in [4.78, 5) is 2.17. The van der Waals surface area contributed by atoms with Gasteiger partial charge in [0.2, 0.25) is 0 Å². The number of hydrogen-bond donors (Lipinski definition) is 1. The molecule has 3 rings (SSSR count). The molecule has 2 aliphatic rings. The molecule has 1 fully saturated rings. The summed E-state index contributed by atoms with van der Waals surface area (Å²) in [5, 5.41) is 4.97. The molecule has 1 aromatic carbocycles. The van der Waals surface area contributed by atoms with E-state index in [9.17, 15) is 0 Å². The Morgan fingerprint density at radius 3 is 2.71 bits per heavy atom. The molecule has 1 saturated heterocycles. The Morgan fingerprint density at radius 1 is 1.43 bits per heavy atom. The number of ether oxygens (including phenoxy) is 1. The van der Waals surface area contributed by atoms with Crippen molar-refractivity contribution in [1.29, 1.82) is 0 Å². The van der Waals surface area contributed by atoms with E-state index in [2.05, 4.69) is 37.9 Å². The molecule has 2 aliphatic heterocycles. The molecule has 114 valence electrons. The van der Waals surface area contributed by atoms with Gasteiger partial charge in [0.15, 0.2) is 10.8 Å². The normalized spacial score (nSPS) is 30.8. The Kier molecular flexibility index (Phi) is 3.37. The molecule has 5 heteroatoms. The minimum atomic E-state index is -0.438. The van der Waals surface area contributed by atoms with Crippen LogP contribution in [0.3, 0.4) is 0 Å². The highest BCUT2D eigenvalue weighted by molar-refractivity contribution is 7.80. The van der Waals surface area contributed by atoms with Gasteiger partial charge in [-0.2, -0.15) is 0 Å². The lowest BCUT2D eigenvalue weighted by molar-refractivity contribution is -0.121. The zero-order chi connectivity index (χ0) is 15.5. The number of halogens is 1. The fourth-order valence-electron chi connectivity index (χ4n) is 3.63. The van der Waals surface area contributed by atoms with E-state index < -0.39 is 5.72 Å². The Hall–Kier alpha value is -1.00. The van der Waals surface area contributed by atoms with Crippen LogP contribution in [0.1, 0.15) is 44.9 Å². The van der Waals surface area contributed by atoms with Gasteiger partial charge in [0.1, 0.15) is 5.75 Å². The first kappa shape index (κ1) is 14.9. The van der Waals surface area contributed by atoms with Crippen LogP contribution < -0.4 is 10.1 Å². The number of aryl methyl sites for hydroxylation is 1. The van der Waals surface area contributed by atoms with Crippen LogP contribution in [0.2, 0.25) is 5.02 Å². The quantitative estimate of drug-likeness (QED) is 0.788. The largest absolute Gasteiger partial charge is 0.467 e. The van der Waals surface area contributed by atoms with Crippen LogP contribution in [0.25, 0.3) is 0 Å². The Labute approximate surface area is 136 Å². The highest BCUT2D eigenvalue weighted by Crippen LogP contribution is 2.50. The summed E-state index contributed by atoms with van der Waals surface area (Å²) in [5.74, 6) is 1.20. The van der Waals surface area contributed by atoms with Crippen LogP contribution in [0, 0.1) is 12.8 Å². The fourth-order valence-corrected chi connectivity index (χ4v) is 4.43. The van der Waals surface area contributed by atoms with E-state index in [1.165, 1.54) is 0 Å². The fraction of sp³-hybridized carbons (Fsp3) is 0.562. The summed E-state index contributed by atoms with van der Waals surface area (Å²) >= 11 is 11.8. The van der Waals surface area contributed by atoms with Crippen molar-refractivity contribution in [2.75, 3.05) is 0 Å². The van der Waals surface area contributed by atoms with Crippen LogP contribution in [0.15, 0.2) is 12.1 Å². The molecule has 0 saturated carbocycles. The van der Waals surface area contributed by atoms with Gasteiger partial charge in [-0.05, 0) is 57.6 Å². The third-order valence-corrected chi connectivity index (χ3v) is 5.28. The van der Waals surface area contributed by atoms with Crippen LogP contribution in [-0.4, -0.2) is 21.8 Å². The molecule has 3 unspecified atom stereocenters. The van der Waals surface area contributed by atoms with E-state index in [0.29, 0.717) is 0 Å². The second-order valence-electron chi connectivity index (χ2n) is 6.48. The summed E-state index contributed by atoms with van der Waals surface area (Å²) in [5.41, 5.74) is 1.74. The van der Waals surface area contributed by atoms with Crippen LogP contribution >= 0.6 is 23.8 Å². The number of nitrogens with one attached hydrogen (secondary N) is 1. The minimum Gasteiger partial charge on any atom is -0.467 e. The highest BCUT2D eigenvalue weighted by atomic mass is 35.5. The molecule has 0 spiro atoms. The van der Waals surface area contributed by atoms with Gasteiger partial charge < -0.3 is 15.0 Å². The maximum Gasteiger partial charge on any atom is 0.187 e.